The van der Waals surface area contributed by atoms with Crippen LogP contribution in [0.15, 0.2) is 12.1 Å². The lowest BCUT2D eigenvalue weighted by atomic mass is 9.95. The van der Waals surface area contributed by atoms with E-state index in [0.29, 0.717) is 6.04 Å². The minimum atomic E-state index is 0.155. The first-order valence-corrected chi connectivity index (χ1v) is 11.8. The average molecular weight is 427 g/mol. The van der Waals surface area contributed by atoms with Gasteiger partial charge in [-0.05, 0) is 38.8 Å². The molecule has 2 aliphatic heterocycles. The van der Waals surface area contributed by atoms with Crippen molar-refractivity contribution in [1.29, 1.82) is 0 Å². The highest BCUT2D eigenvalue weighted by molar-refractivity contribution is 5.89. The molecule has 2 aromatic heterocycles. The van der Waals surface area contributed by atoms with E-state index in [1.807, 2.05) is 0 Å². The molecule has 8 nitrogen and oxygen atoms in total. The Labute approximate surface area is 184 Å². The zero-order chi connectivity index (χ0) is 21.2. The molecule has 3 fully saturated rings. The molecule has 2 atom stereocenters. The van der Waals surface area contributed by atoms with Crippen LogP contribution < -0.4 is 15.1 Å². The molecule has 0 amide bonds. The van der Waals surface area contributed by atoms with Gasteiger partial charge in [-0.25, -0.2) is 4.98 Å². The van der Waals surface area contributed by atoms with Gasteiger partial charge in [-0.1, -0.05) is 19.3 Å². The van der Waals surface area contributed by atoms with Crippen molar-refractivity contribution in [3.63, 3.8) is 0 Å². The number of pyridine rings is 1. The second-order valence-electron chi connectivity index (χ2n) is 9.16. The molecule has 2 aromatic rings. The van der Waals surface area contributed by atoms with Crippen molar-refractivity contribution in [2.45, 2.75) is 64.2 Å². The lowest BCUT2D eigenvalue weighted by Gasteiger charge is -2.36. The SMILES string of the molecule is CC1CN(c2nc(N3CCOCC3)c3ccc(NC4CCCCC4)nc3n2)CC(C)O1. The zero-order valence-electron chi connectivity index (χ0n) is 18.7. The molecule has 0 radical (unpaired) electrons. The van der Waals surface area contributed by atoms with Crippen LogP contribution in [0.2, 0.25) is 0 Å². The molecule has 5 rings (SSSR count). The van der Waals surface area contributed by atoms with E-state index in [1.54, 1.807) is 0 Å². The van der Waals surface area contributed by atoms with Gasteiger partial charge in [-0.15, -0.1) is 0 Å². The summed E-state index contributed by atoms with van der Waals surface area (Å²) in [6.07, 6.45) is 6.69. The Hall–Kier alpha value is -2.19. The van der Waals surface area contributed by atoms with E-state index >= 15 is 0 Å². The third-order valence-corrected chi connectivity index (χ3v) is 6.50. The highest BCUT2D eigenvalue weighted by atomic mass is 16.5. The number of anilines is 3. The molecule has 0 aromatic carbocycles. The third kappa shape index (κ3) is 4.70. The maximum absolute atomic E-state index is 5.93. The summed E-state index contributed by atoms with van der Waals surface area (Å²) in [6.45, 7) is 8.92. The van der Waals surface area contributed by atoms with Gasteiger partial charge in [0.15, 0.2) is 5.65 Å². The quantitative estimate of drug-likeness (QED) is 0.799. The van der Waals surface area contributed by atoms with Gasteiger partial charge in [-0.3, -0.25) is 0 Å². The van der Waals surface area contributed by atoms with E-state index in [1.165, 1.54) is 32.1 Å². The van der Waals surface area contributed by atoms with Gasteiger partial charge in [0, 0.05) is 32.2 Å². The molecule has 1 saturated carbocycles. The number of ether oxygens (including phenoxy) is 2. The highest BCUT2D eigenvalue weighted by Crippen LogP contribution is 2.29. The van der Waals surface area contributed by atoms with Crippen molar-refractivity contribution >= 4 is 28.6 Å². The Balaban J connectivity index is 1.51. The van der Waals surface area contributed by atoms with Crippen LogP contribution in [0.5, 0.6) is 0 Å². The molecule has 31 heavy (non-hydrogen) atoms. The zero-order valence-corrected chi connectivity index (χ0v) is 18.7. The van der Waals surface area contributed by atoms with E-state index in [-0.39, 0.29) is 12.2 Å². The summed E-state index contributed by atoms with van der Waals surface area (Å²) in [5.41, 5.74) is 0.763. The summed E-state index contributed by atoms with van der Waals surface area (Å²) in [4.78, 5) is 19.4. The fourth-order valence-corrected chi connectivity index (χ4v) is 5.02. The number of nitrogens with zero attached hydrogens (tertiary/aromatic N) is 5. The first-order valence-electron chi connectivity index (χ1n) is 11.8. The van der Waals surface area contributed by atoms with Crippen molar-refractivity contribution < 1.29 is 9.47 Å². The number of morpholine rings is 2. The molecule has 4 heterocycles. The normalized spacial score (nSPS) is 25.7. The van der Waals surface area contributed by atoms with E-state index in [4.69, 9.17) is 24.4 Å². The van der Waals surface area contributed by atoms with Crippen LogP contribution in [0.25, 0.3) is 11.0 Å². The Kier molecular flexibility index (Phi) is 6.09. The second kappa shape index (κ2) is 9.12. The van der Waals surface area contributed by atoms with Gasteiger partial charge in [0.2, 0.25) is 5.95 Å². The largest absolute Gasteiger partial charge is 0.378 e. The Morgan fingerprint density at radius 3 is 2.39 bits per heavy atom. The van der Waals surface area contributed by atoms with Crippen molar-refractivity contribution in [2.75, 3.05) is 54.5 Å². The second-order valence-corrected chi connectivity index (χ2v) is 9.16. The van der Waals surface area contributed by atoms with Crippen LogP contribution >= 0.6 is 0 Å². The van der Waals surface area contributed by atoms with E-state index in [2.05, 4.69) is 41.1 Å². The van der Waals surface area contributed by atoms with Gasteiger partial charge < -0.3 is 24.6 Å². The topological polar surface area (TPSA) is 75.6 Å². The van der Waals surface area contributed by atoms with Crippen LogP contribution in [0, 0.1) is 0 Å². The maximum atomic E-state index is 5.93. The molecule has 3 aliphatic rings. The summed E-state index contributed by atoms with van der Waals surface area (Å²) < 4.78 is 11.5. The standard InChI is InChI=1S/C23H34N6O2/c1-16-14-29(15-17(2)31-16)23-26-21-19(22(27-23)28-10-12-30-13-11-28)8-9-20(25-21)24-18-6-4-3-5-7-18/h8-9,16-18H,3-7,10-15H2,1-2H3,(H,24,25,26,27). The predicted octanol–water partition coefficient (Wildman–Crippen LogP) is 3.22. The minimum absolute atomic E-state index is 0.155. The number of hydrogen-bond donors (Lipinski definition) is 1. The highest BCUT2D eigenvalue weighted by Gasteiger charge is 2.27. The average Bonchev–Trinajstić information content (AvgIpc) is 2.79. The fraction of sp³-hybridized carbons (Fsp3) is 0.696. The molecule has 1 N–H and O–H groups in total. The van der Waals surface area contributed by atoms with Gasteiger partial charge in [0.05, 0.1) is 30.8 Å². The van der Waals surface area contributed by atoms with Gasteiger partial charge in [-0.2, -0.15) is 9.97 Å². The van der Waals surface area contributed by atoms with Crippen molar-refractivity contribution in [2.24, 2.45) is 0 Å². The Bertz CT molecular complexity index is 887. The summed E-state index contributed by atoms with van der Waals surface area (Å²) >= 11 is 0. The van der Waals surface area contributed by atoms with Crippen molar-refractivity contribution in [1.82, 2.24) is 15.0 Å². The van der Waals surface area contributed by atoms with Gasteiger partial charge >= 0.3 is 0 Å². The lowest BCUT2D eigenvalue weighted by Crippen LogP contribution is -2.46. The van der Waals surface area contributed by atoms with Crippen molar-refractivity contribution in [3.8, 4) is 0 Å². The molecule has 0 spiro atoms. The number of nitrogens with one attached hydrogen (secondary N) is 1. The smallest absolute Gasteiger partial charge is 0.229 e. The van der Waals surface area contributed by atoms with Crippen LogP contribution in [-0.2, 0) is 9.47 Å². The first-order chi connectivity index (χ1) is 15.2. The van der Waals surface area contributed by atoms with E-state index < -0.39 is 0 Å². The molecular weight excluding hydrogens is 392 g/mol. The summed E-state index contributed by atoms with van der Waals surface area (Å²) in [6, 6.07) is 4.73. The van der Waals surface area contributed by atoms with Crippen LogP contribution in [-0.4, -0.2) is 72.6 Å². The molecule has 0 bridgehead atoms. The minimum Gasteiger partial charge on any atom is -0.378 e. The number of rotatable bonds is 4. The summed E-state index contributed by atoms with van der Waals surface area (Å²) in [5.74, 6) is 2.63. The third-order valence-electron chi connectivity index (χ3n) is 6.50. The molecule has 2 saturated heterocycles. The molecule has 168 valence electrons. The Morgan fingerprint density at radius 1 is 0.903 bits per heavy atom. The lowest BCUT2D eigenvalue weighted by molar-refractivity contribution is -0.00570. The van der Waals surface area contributed by atoms with Crippen molar-refractivity contribution in [3.05, 3.63) is 12.1 Å². The van der Waals surface area contributed by atoms with Crippen LogP contribution in [0.3, 0.4) is 0 Å². The van der Waals surface area contributed by atoms with Crippen LogP contribution in [0.4, 0.5) is 17.6 Å². The van der Waals surface area contributed by atoms with E-state index in [9.17, 15) is 0 Å². The maximum Gasteiger partial charge on any atom is 0.229 e. The van der Waals surface area contributed by atoms with Gasteiger partial charge in [0.1, 0.15) is 11.6 Å². The number of aromatic nitrogens is 3. The number of fused-ring (bicyclic) bond motifs is 1. The molecule has 8 heteroatoms. The summed E-state index contributed by atoms with van der Waals surface area (Å²) in [5, 5.41) is 4.65. The van der Waals surface area contributed by atoms with E-state index in [0.717, 1.165) is 68.0 Å². The molecular formula is C23H34N6O2. The van der Waals surface area contributed by atoms with Gasteiger partial charge in [0.25, 0.3) is 0 Å². The summed E-state index contributed by atoms with van der Waals surface area (Å²) in [7, 11) is 0. The first kappa shape index (κ1) is 20.7. The Morgan fingerprint density at radius 2 is 1.65 bits per heavy atom. The fourth-order valence-electron chi connectivity index (χ4n) is 5.02. The molecule has 1 aliphatic carbocycles. The van der Waals surface area contributed by atoms with Crippen LogP contribution in [0.1, 0.15) is 46.0 Å². The predicted molar refractivity (Wildman–Crippen MR) is 123 cm³/mol. The monoisotopic (exact) mass is 426 g/mol. The molecule has 2 unspecified atom stereocenters. The number of hydrogen-bond acceptors (Lipinski definition) is 8.